The molecule has 1 aromatic carbocycles. The molecule has 0 aliphatic rings. The van der Waals surface area contributed by atoms with E-state index in [2.05, 4.69) is 12.2 Å². The van der Waals surface area contributed by atoms with Crippen LogP contribution in [0.1, 0.15) is 18.4 Å². The highest BCUT2D eigenvalue weighted by Crippen LogP contribution is 2.16. The van der Waals surface area contributed by atoms with Crippen LogP contribution in [0.5, 0.6) is 5.75 Å². The second kappa shape index (κ2) is 5.43. The average Bonchev–Trinajstić information content (AvgIpc) is 2.85. The number of anilines is 1. The Hall–Kier alpha value is -1.90. The van der Waals surface area contributed by atoms with E-state index in [0.717, 1.165) is 29.4 Å². The molecule has 17 heavy (non-hydrogen) atoms. The lowest BCUT2D eigenvalue weighted by Gasteiger charge is -2.05. The molecule has 0 fully saturated rings. The number of benzene rings is 1. The van der Waals surface area contributed by atoms with Gasteiger partial charge in [0.1, 0.15) is 17.3 Å². The highest BCUT2D eigenvalue weighted by atomic mass is 16.5. The number of hydrogen-bond acceptors (Lipinski definition) is 3. The first-order valence-corrected chi connectivity index (χ1v) is 5.77. The van der Waals surface area contributed by atoms with E-state index in [-0.39, 0.29) is 0 Å². The molecule has 0 saturated heterocycles. The molecule has 0 atom stereocenters. The number of ether oxygens (including phenoxy) is 1. The van der Waals surface area contributed by atoms with E-state index in [1.54, 1.807) is 7.11 Å². The molecule has 3 heteroatoms. The molecule has 3 nitrogen and oxygen atoms in total. The van der Waals surface area contributed by atoms with Crippen molar-refractivity contribution in [1.82, 2.24) is 0 Å². The summed E-state index contributed by atoms with van der Waals surface area (Å²) in [6.45, 7) is 2.78. The fourth-order valence-corrected chi connectivity index (χ4v) is 1.61. The molecule has 2 aromatic rings. The second-order valence-electron chi connectivity index (χ2n) is 3.80. The summed E-state index contributed by atoms with van der Waals surface area (Å²) in [5.41, 5.74) is 1.06. The first-order chi connectivity index (χ1) is 8.31. The molecule has 0 radical (unpaired) electrons. The Balaban J connectivity index is 1.92. The van der Waals surface area contributed by atoms with Crippen LogP contribution in [0.15, 0.2) is 40.8 Å². The van der Waals surface area contributed by atoms with Gasteiger partial charge in [-0.25, -0.2) is 0 Å². The predicted octanol–water partition coefficient (Wildman–Crippen LogP) is 3.46. The second-order valence-corrected chi connectivity index (χ2v) is 3.80. The quantitative estimate of drug-likeness (QED) is 0.855. The highest BCUT2D eigenvalue weighted by molar-refractivity contribution is 5.46. The largest absolute Gasteiger partial charge is 0.497 e. The van der Waals surface area contributed by atoms with Gasteiger partial charge in [-0.2, -0.15) is 0 Å². The van der Waals surface area contributed by atoms with Crippen molar-refractivity contribution in [2.24, 2.45) is 0 Å². The molecule has 0 saturated carbocycles. The van der Waals surface area contributed by atoms with Crippen LogP contribution in [-0.2, 0) is 13.0 Å². The van der Waals surface area contributed by atoms with Crippen LogP contribution in [0.4, 0.5) is 5.69 Å². The first kappa shape index (κ1) is 11.6. The lowest BCUT2D eigenvalue weighted by molar-refractivity contribution is 0.415. The lowest BCUT2D eigenvalue weighted by Crippen LogP contribution is -1.97. The van der Waals surface area contributed by atoms with Crippen LogP contribution in [0.25, 0.3) is 0 Å². The van der Waals surface area contributed by atoms with Crippen LogP contribution in [-0.4, -0.2) is 7.11 Å². The number of hydrogen-bond donors (Lipinski definition) is 1. The van der Waals surface area contributed by atoms with Crippen molar-refractivity contribution < 1.29 is 9.15 Å². The summed E-state index contributed by atoms with van der Waals surface area (Å²) >= 11 is 0. The summed E-state index contributed by atoms with van der Waals surface area (Å²) < 4.78 is 10.7. The zero-order valence-electron chi connectivity index (χ0n) is 10.2. The molecule has 0 bridgehead atoms. The van der Waals surface area contributed by atoms with E-state index in [4.69, 9.17) is 9.15 Å². The fraction of sp³-hybridized carbons (Fsp3) is 0.286. The van der Waals surface area contributed by atoms with E-state index >= 15 is 0 Å². The van der Waals surface area contributed by atoms with Gasteiger partial charge in [0.2, 0.25) is 0 Å². The van der Waals surface area contributed by atoms with E-state index in [9.17, 15) is 0 Å². The number of methoxy groups -OCH3 is 1. The van der Waals surface area contributed by atoms with Crippen LogP contribution in [0, 0.1) is 0 Å². The summed E-state index contributed by atoms with van der Waals surface area (Å²) in [4.78, 5) is 0. The van der Waals surface area contributed by atoms with Gasteiger partial charge in [-0.05, 0) is 36.4 Å². The standard InChI is InChI=1S/C14H17NO2/c1-3-12-8-9-14(17-12)10-15-11-4-6-13(16-2)7-5-11/h4-9,15H,3,10H2,1-2H3. The van der Waals surface area contributed by atoms with E-state index in [1.807, 2.05) is 36.4 Å². The molecule has 90 valence electrons. The van der Waals surface area contributed by atoms with Crippen LogP contribution in [0.2, 0.25) is 0 Å². The number of rotatable bonds is 5. The summed E-state index contributed by atoms with van der Waals surface area (Å²) in [6, 6.07) is 11.9. The van der Waals surface area contributed by atoms with Gasteiger partial charge in [-0.3, -0.25) is 0 Å². The zero-order valence-corrected chi connectivity index (χ0v) is 10.2. The van der Waals surface area contributed by atoms with E-state index < -0.39 is 0 Å². The molecule has 1 heterocycles. The SMILES string of the molecule is CCc1ccc(CNc2ccc(OC)cc2)o1. The number of aryl methyl sites for hydroxylation is 1. The number of nitrogens with one attached hydrogen (secondary N) is 1. The average molecular weight is 231 g/mol. The third-order valence-electron chi connectivity index (χ3n) is 2.62. The predicted molar refractivity (Wildman–Crippen MR) is 68.4 cm³/mol. The van der Waals surface area contributed by atoms with Gasteiger partial charge in [0.05, 0.1) is 13.7 Å². The minimum absolute atomic E-state index is 0.701. The normalized spacial score (nSPS) is 10.2. The lowest BCUT2D eigenvalue weighted by atomic mass is 10.3. The maximum Gasteiger partial charge on any atom is 0.123 e. The smallest absolute Gasteiger partial charge is 0.123 e. The molecule has 2 rings (SSSR count). The molecule has 0 aliphatic heterocycles. The van der Waals surface area contributed by atoms with Gasteiger partial charge in [-0.15, -0.1) is 0 Å². The van der Waals surface area contributed by atoms with Crippen molar-refractivity contribution >= 4 is 5.69 Å². The Labute approximate surface area is 101 Å². The van der Waals surface area contributed by atoms with Gasteiger partial charge in [0.15, 0.2) is 0 Å². The maximum atomic E-state index is 5.61. The number of furan rings is 1. The van der Waals surface area contributed by atoms with Crippen LogP contribution >= 0.6 is 0 Å². The van der Waals surface area contributed by atoms with E-state index in [0.29, 0.717) is 6.54 Å². The summed E-state index contributed by atoms with van der Waals surface area (Å²) in [5.74, 6) is 2.84. The topological polar surface area (TPSA) is 34.4 Å². The fourth-order valence-electron chi connectivity index (χ4n) is 1.61. The highest BCUT2D eigenvalue weighted by Gasteiger charge is 2.00. The minimum atomic E-state index is 0.701. The maximum absolute atomic E-state index is 5.61. The molecule has 0 aliphatic carbocycles. The molecule has 1 aromatic heterocycles. The van der Waals surface area contributed by atoms with Gasteiger partial charge in [0.25, 0.3) is 0 Å². The molecule has 0 unspecified atom stereocenters. The van der Waals surface area contributed by atoms with Crippen molar-refractivity contribution in [3.05, 3.63) is 47.9 Å². The summed E-state index contributed by atoms with van der Waals surface area (Å²) in [7, 11) is 1.66. The van der Waals surface area contributed by atoms with Crippen molar-refractivity contribution in [2.75, 3.05) is 12.4 Å². The van der Waals surface area contributed by atoms with Crippen LogP contribution in [0.3, 0.4) is 0 Å². The monoisotopic (exact) mass is 231 g/mol. The molecule has 0 amide bonds. The molecule has 1 N–H and O–H groups in total. The van der Waals surface area contributed by atoms with E-state index in [1.165, 1.54) is 0 Å². The van der Waals surface area contributed by atoms with Gasteiger partial charge < -0.3 is 14.5 Å². The van der Waals surface area contributed by atoms with Crippen molar-refractivity contribution in [2.45, 2.75) is 19.9 Å². The van der Waals surface area contributed by atoms with Gasteiger partial charge in [-0.1, -0.05) is 6.92 Å². The Bertz CT molecular complexity index is 459. The Kier molecular flexibility index (Phi) is 3.70. The third kappa shape index (κ3) is 3.03. The van der Waals surface area contributed by atoms with Crippen LogP contribution < -0.4 is 10.1 Å². The molecular weight excluding hydrogens is 214 g/mol. The van der Waals surface area contributed by atoms with Crippen molar-refractivity contribution in [3.63, 3.8) is 0 Å². The third-order valence-corrected chi connectivity index (χ3v) is 2.62. The van der Waals surface area contributed by atoms with Crippen molar-refractivity contribution in [3.8, 4) is 5.75 Å². The molecule has 0 spiro atoms. The van der Waals surface area contributed by atoms with Gasteiger partial charge >= 0.3 is 0 Å². The Morgan fingerprint density at radius 3 is 2.35 bits per heavy atom. The summed E-state index contributed by atoms with van der Waals surface area (Å²) in [5, 5.41) is 3.30. The Morgan fingerprint density at radius 2 is 1.76 bits per heavy atom. The zero-order chi connectivity index (χ0) is 12.1. The first-order valence-electron chi connectivity index (χ1n) is 5.77. The molecular formula is C14H17NO2. The summed E-state index contributed by atoms with van der Waals surface area (Å²) in [6.07, 6.45) is 0.933. The van der Waals surface area contributed by atoms with Crippen molar-refractivity contribution in [1.29, 1.82) is 0 Å². The Morgan fingerprint density at radius 1 is 1.06 bits per heavy atom. The minimum Gasteiger partial charge on any atom is -0.497 e. The van der Waals surface area contributed by atoms with Gasteiger partial charge in [0, 0.05) is 12.1 Å².